The Morgan fingerprint density at radius 2 is 1.18 bits per heavy atom. The van der Waals surface area contributed by atoms with Crippen LogP contribution in [0.3, 0.4) is 0 Å². The van der Waals surface area contributed by atoms with Gasteiger partial charge in [-0.05, 0) is 49.7 Å². The summed E-state index contributed by atoms with van der Waals surface area (Å²) < 4.78 is 0. The Morgan fingerprint density at radius 1 is 0.643 bits per heavy atom. The van der Waals surface area contributed by atoms with Gasteiger partial charge < -0.3 is 10.6 Å². The van der Waals surface area contributed by atoms with Crippen molar-refractivity contribution in [3.05, 3.63) is 0 Å². The summed E-state index contributed by atoms with van der Waals surface area (Å²) in [5, 5.41) is 7.08. The predicted molar refractivity (Wildman–Crippen MR) is 142 cm³/mol. The summed E-state index contributed by atoms with van der Waals surface area (Å²) in [6.07, 6.45) is 19.0. The van der Waals surface area contributed by atoms with Gasteiger partial charge in [0.25, 0.3) is 0 Å². The molecule has 0 saturated carbocycles. The van der Waals surface area contributed by atoms with E-state index in [0.29, 0.717) is 0 Å². The van der Waals surface area contributed by atoms with Crippen LogP contribution < -0.4 is 10.6 Å². The van der Waals surface area contributed by atoms with Gasteiger partial charge in [-0.2, -0.15) is 0 Å². The Morgan fingerprint density at radius 3 is 1.79 bits per heavy atom. The average Bonchev–Trinajstić information content (AvgIpc) is 2.68. The van der Waals surface area contributed by atoms with Crippen molar-refractivity contribution in [2.45, 2.75) is 104 Å². The molecule has 0 aliphatic heterocycles. The van der Waals surface area contributed by atoms with E-state index in [4.69, 9.17) is 24.4 Å². The highest BCUT2D eigenvalue weighted by Gasteiger charge is 2.00. The summed E-state index contributed by atoms with van der Waals surface area (Å²) in [6.45, 7) is 6.15. The summed E-state index contributed by atoms with van der Waals surface area (Å²) in [7, 11) is 3.88. The molecule has 166 valence electrons. The van der Waals surface area contributed by atoms with Crippen LogP contribution in [0.1, 0.15) is 104 Å². The van der Waals surface area contributed by atoms with Crippen molar-refractivity contribution in [1.82, 2.24) is 10.6 Å². The normalized spacial score (nSPS) is 10.8. The van der Waals surface area contributed by atoms with Crippen LogP contribution in [0.2, 0.25) is 0 Å². The van der Waals surface area contributed by atoms with Gasteiger partial charge in [0.1, 0.15) is 0 Å². The van der Waals surface area contributed by atoms with Gasteiger partial charge in [0, 0.05) is 24.6 Å². The van der Waals surface area contributed by atoms with Crippen molar-refractivity contribution in [2.24, 2.45) is 0 Å². The first-order chi connectivity index (χ1) is 13.7. The number of hydrogen-bond acceptors (Lipinski definition) is 4. The van der Waals surface area contributed by atoms with Gasteiger partial charge in [0.2, 0.25) is 0 Å². The van der Waals surface area contributed by atoms with E-state index in [1.807, 2.05) is 21.6 Å². The van der Waals surface area contributed by atoms with Gasteiger partial charge in [-0.3, -0.25) is 0 Å². The zero-order valence-corrected chi connectivity index (χ0v) is 21.6. The van der Waals surface area contributed by atoms with Crippen LogP contribution in [0.15, 0.2) is 0 Å². The molecule has 0 aromatic heterocycles. The molecule has 0 bridgehead atoms. The number of nitrogens with one attached hydrogen (secondary N) is 2. The second-order valence-corrected chi connectivity index (χ2v) is 11.0. The van der Waals surface area contributed by atoms with E-state index in [0.717, 1.165) is 36.8 Å². The van der Waals surface area contributed by atoms with Crippen molar-refractivity contribution in [1.29, 1.82) is 0 Å². The van der Waals surface area contributed by atoms with Crippen LogP contribution in [0.25, 0.3) is 0 Å². The van der Waals surface area contributed by atoms with Gasteiger partial charge in [-0.15, -0.1) is 0 Å². The van der Waals surface area contributed by atoms with Crippen molar-refractivity contribution in [3.8, 4) is 0 Å². The molecule has 0 aromatic carbocycles. The molecule has 0 spiro atoms. The maximum absolute atomic E-state index is 5.55. The van der Waals surface area contributed by atoms with E-state index in [9.17, 15) is 0 Å². The molecule has 0 amide bonds. The minimum Gasteiger partial charge on any atom is -0.363 e. The average molecular weight is 465 g/mol. The van der Waals surface area contributed by atoms with Gasteiger partial charge in [-0.1, -0.05) is 105 Å². The topological polar surface area (TPSA) is 24.1 Å². The highest BCUT2D eigenvalue weighted by molar-refractivity contribution is 8.76. The first kappa shape index (κ1) is 28.5. The van der Waals surface area contributed by atoms with Crippen LogP contribution in [0.4, 0.5) is 0 Å². The Kier molecular flexibility index (Phi) is 24.2. The minimum absolute atomic E-state index is 0.765. The second-order valence-electron chi connectivity index (χ2n) is 7.36. The monoisotopic (exact) mass is 464 g/mol. The Balaban J connectivity index is 3.20. The Bertz CT molecular complexity index is 364. The van der Waals surface area contributed by atoms with E-state index in [1.165, 1.54) is 87.7 Å². The number of rotatable bonds is 21. The highest BCUT2D eigenvalue weighted by Crippen LogP contribution is 2.22. The fourth-order valence-corrected chi connectivity index (χ4v) is 5.52. The Hall–Kier alpha value is 0.480. The third kappa shape index (κ3) is 22.8. The highest BCUT2D eigenvalue weighted by atomic mass is 33.1. The standard InChI is InChI=1S/C22H44N2S4/c1-3-5-6-7-8-9-10-11-12-13-14-16-21(25)17-15-19-27-28-20-18-24-22(26)23-4-2/h3-20H2,1-2H3,(H2,23,24,26). The van der Waals surface area contributed by atoms with Crippen LogP contribution in [0, 0.1) is 0 Å². The summed E-state index contributed by atoms with van der Waals surface area (Å²) in [4.78, 5) is 1.29. The molecule has 6 heteroatoms. The molecule has 2 nitrogen and oxygen atoms in total. The minimum atomic E-state index is 0.765. The second kappa shape index (κ2) is 23.8. The lowest BCUT2D eigenvalue weighted by Crippen LogP contribution is -2.36. The molecule has 0 unspecified atom stereocenters. The smallest absolute Gasteiger partial charge is 0.166 e. The van der Waals surface area contributed by atoms with Gasteiger partial charge in [0.05, 0.1) is 0 Å². The lowest BCUT2D eigenvalue weighted by molar-refractivity contribution is 0.552. The largest absolute Gasteiger partial charge is 0.363 e. The predicted octanol–water partition coefficient (Wildman–Crippen LogP) is 7.70. The van der Waals surface area contributed by atoms with Crippen molar-refractivity contribution >= 4 is 56.0 Å². The van der Waals surface area contributed by atoms with Crippen LogP contribution in [-0.4, -0.2) is 34.6 Å². The molecule has 28 heavy (non-hydrogen) atoms. The van der Waals surface area contributed by atoms with Crippen molar-refractivity contribution < 1.29 is 0 Å². The third-order valence-electron chi connectivity index (χ3n) is 4.63. The third-order valence-corrected chi connectivity index (χ3v) is 7.82. The SMILES string of the molecule is CCCCCCCCCCCCCC(=S)CCCSSCCNC(=S)NCC. The fourth-order valence-electron chi connectivity index (χ4n) is 2.99. The fraction of sp³-hybridized carbons (Fsp3) is 0.909. The molecule has 0 fully saturated rings. The maximum atomic E-state index is 5.55. The first-order valence-corrected chi connectivity index (χ1v) is 14.8. The van der Waals surface area contributed by atoms with Crippen molar-refractivity contribution in [3.63, 3.8) is 0 Å². The van der Waals surface area contributed by atoms with E-state index in [2.05, 4.69) is 24.5 Å². The summed E-state index contributed by atoms with van der Waals surface area (Å²) in [6, 6.07) is 0. The number of thiocarbonyl (C=S) groups is 2. The van der Waals surface area contributed by atoms with Gasteiger partial charge in [0.15, 0.2) is 5.11 Å². The van der Waals surface area contributed by atoms with Gasteiger partial charge in [-0.25, -0.2) is 0 Å². The lowest BCUT2D eigenvalue weighted by Gasteiger charge is -2.08. The Labute approximate surface area is 194 Å². The van der Waals surface area contributed by atoms with Crippen LogP contribution >= 0.6 is 46.0 Å². The zero-order chi connectivity index (χ0) is 20.7. The molecular weight excluding hydrogens is 421 g/mol. The molecular formula is C22H44N2S4. The van der Waals surface area contributed by atoms with Crippen LogP contribution in [0.5, 0.6) is 0 Å². The summed E-state index contributed by atoms with van der Waals surface area (Å²) in [5.74, 6) is 2.28. The summed E-state index contributed by atoms with van der Waals surface area (Å²) in [5.41, 5.74) is 0. The zero-order valence-electron chi connectivity index (χ0n) is 18.4. The summed E-state index contributed by atoms with van der Waals surface area (Å²) >= 11 is 10.7. The molecule has 0 saturated heterocycles. The quantitative estimate of drug-likeness (QED) is 0.102. The number of hydrogen-bond donors (Lipinski definition) is 2. The molecule has 2 N–H and O–H groups in total. The molecule has 0 rings (SSSR count). The molecule has 0 radical (unpaired) electrons. The number of unbranched alkanes of at least 4 members (excludes halogenated alkanes) is 10. The van der Waals surface area contributed by atoms with E-state index in [1.54, 1.807) is 0 Å². The van der Waals surface area contributed by atoms with Gasteiger partial charge >= 0.3 is 0 Å². The molecule has 0 heterocycles. The lowest BCUT2D eigenvalue weighted by atomic mass is 10.0. The van der Waals surface area contributed by atoms with E-state index >= 15 is 0 Å². The van der Waals surface area contributed by atoms with E-state index in [-0.39, 0.29) is 0 Å². The molecule has 0 aromatic rings. The first-order valence-electron chi connectivity index (χ1n) is 11.5. The van der Waals surface area contributed by atoms with Crippen LogP contribution in [-0.2, 0) is 0 Å². The molecule has 0 aliphatic carbocycles. The van der Waals surface area contributed by atoms with Crippen molar-refractivity contribution in [2.75, 3.05) is 24.6 Å². The molecule has 0 atom stereocenters. The molecule has 0 aliphatic rings. The van der Waals surface area contributed by atoms with E-state index < -0.39 is 0 Å². The maximum Gasteiger partial charge on any atom is 0.166 e.